The lowest BCUT2D eigenvalue weighted by atomic mass is 10.1. The molecule has 2 rings (SSSR count). The normalized spacial score (nSPS) is 11.2. The fourth-order valence-corrected chi connectivity index (χ4v) is 3.17. The summed E-state index contributed by atoms with van der Waals surface area (Å²) in [5, 5.41) is 1.05. The summed E-state index contributed by atoms with van der Waals surface area (Å²) in [5.74, 6) is -0.414. The van der Waals surface area contributed by atoms with Crippen molar-refractivity contribution in [2.75, 3.05) is 18.9 Å². The monoisotopic (exact) mass is 348 g/mol. The summed E-state index contributed by atoms with van der Waals surface area (Å²) in [7, 11) is -0.959. The molecule has 24 heavy (non-hydrogen) atoms. The first-order valence-corrected chi connectivity index (χ1v) is 8.75. The summed E-state index contributed by atoms with van der Waals surface area (Å²) in [6.45, 7) is 3.66. The van der Waals surface area contributed by atoms with Crippen molar-refractivity contribution >= 4 is 21.6 Å². The van der Waals surface area contributed by atoms with E-state index < -0.39 is 15.9 Å². The van der Waals surface area contributed by atoms with Crippen molar-refractivity contribution in [3.8, 4) is 0 Å². The van der Waals surface area contributed by atoms with E-state index in [0.29, 0.717) is 11.3 Å². The number of rotatable bonds is 5. The maximum absolute atomic E-state index is 12.5. The number of sulfonamides is 1. The Hall–Kier alpha value is -2.38. The van der Waals surface area contributed by atoms with E-state index in [1.54, 1.807) is 25.1 Å². The average Bonchev–Trinajstić information content (AvgIpc) is 2.55. The fraction of sp³-hybridized carbons (Fsp3) is 0.235. The topological polar surface area (TPSA) is 75.7 Å². The molecule has 0 spiro atoms. The van der Waals surface area contributed by atoms with Crippen molar-refractivity contribution in [1.82, 2.24) is 5.06 Å². The molecule has 7 heteroatoms. The van der Waals surface area contributed by atoms with E-state index in [9.17, 15) is 13.2 Å². The zero-order valence-corrected chi connectivity index (χ0v) is 14.8. The van der Waals surface area contributed by atoms with Crippen molar-refractivity contribution < 1.29 is 18.0 Å². The molecule has 0 bridgehead atoms. The van der Waals surface area contributed by atoms with Crippen LogP contribution in [0.4, 0.5) is 5.69 Å². The van der Waals surface area contributed by atoms with Crippen LogP contribution in [0.25, 0.3) is 0 Å². The molecule has 128 valence electrons. The Kier molecular flexibility index (Phi) is 5.26. The Morgan fingerprint density at radius 1 is 1.08 bits per heavy atom. The number of hydroxylamine groups is 2. The second-order valence-corrected chi connectivity index (χ2v) is 7.12. The van der Waals surface area contributed by atoms with Crippen LogP contribution in [0.1, 0.15) is 21.5 Å². The van der Waals surface area contributed by atoms with Crippen molar-refractivity contribution in [1.29, 1.82) is 0 Å². The first-order chi connectivity index (χ1) is 11.2. The molecule has 2 aromatic carbocycles. The van der Waals surface area contributed by atoms with Gasteiger partial charge in [-0.1, -0.05) is 23.8 Å². The zero-order chi connectivity index (χ0) is 17.9. The molecule has 0 saturated heterocycles. The molecule has 0 atom stereocenters. The van der Waals surface area contributed by atoms with E-state index in [-0.39, 0.29) is 10.5 Å². The van der Waals surface area contributed by atoms with Crippen LogP contribution in [-0.2, 0) is 14.9 Å². The minimum absolute atomic E-state index is 0.0153. The minimum Gasteiger partial charge on any atom is -0.280 e. The van der Waals surface area contributed by atoms with Gasteiger partial charge in [0, 0.05) is 18.3 Å². The smallest absolute Gasteiger partial charge is 0.277 e. The molecule has 0 fully saturated rings. The highest BCUT2D eigenvalue weighted by atomic mass is 32.2. The standard InChI is InChI=1S/C17H20N2O4S/c1-12-5-8-14(9-6-12)18-24(21,22)15-10-7-13(2)16(11-15)17(20)19(3)23-4/h5-11,18H,1-4H3. The third-order valence-corrected chi connectivity index (χ3v) is 4.99. The number of anilines is 1. The van der Waals surface area contributed by atoms with Crippen LogP contribution in [0.3, 0.4) is 0 Å². The summed E-state index contributed by atoms with van der Waals surface area (Å²) in [5.41, 5.74) is 2.43. The number of aryl methyl sites for hydroxylation is 2. The van der Waals surface area contributed by atoms with E-state index >= 15 is 0 Å². The van der Waals surface area contributed by atoms with Crippen molar-refractivity contribution in [2.24, 2.45) is 0 Å². The van der Waals surface area contributed by atoms with Gasteiger partial charge in [-0.05, 0) is 43.7 Å². The van der Waals surface area contributed by atoms with Gasteiger partial charge in [0.25, 0.3) is 15.9 Å². The van der Waals surface area contributed by atoms with Crippen LogP contribution < -0.4 is 4.72 Å². The van der Waals surface area contributed by atoms with Gasteiger partial charge in [-0.2, -0.15) is 0 Å². The Morgan fingerprint density at radius 3 is 2.29 bits per heavy atom. The van der Waals surface area contributed by atoms with Crippen LogP contribution in [0.5, 0.6) is 0 Å². The van der Waals surface area contributed by atoms with Crippen LogP contribution >= 0.6 is 0 Å². The highest BCUT2D eigenvalue weighted by Gasteiger charge is 2.20. The Labute approximate surface area is 142 Å². The lowest BCUT2D eigenvalue weighted by molar-refractivity contribution is -0.0757. The molecule has 0 saturated carbocycles. The summed E-state index contributed by atoms with van der Waals surface area (Å²) >= 11 is 0. The molecule has 0 radical (unpaired) electrons. The van der Waals surface area contributed by atoms with Crippen molar-refractivity contribution in [3.63, 3.8) is 0 Å². The van der Waals surface area contributed by atoms with E-state index in [2.05, 4.69) is 4.72 Å². The molecule has 0 aromatic heterocycles. The second kappa shape index (κ2) is 7.02. The van der Waals surface area contributed by atoms with Gasteiger partial charge in [-0.3, -0.25) is 14.4 Å². The van der Waals surface area contributed by atoms with Gasteiger partial charge in [-0.15, -0.1) is 0 Å². The lowest BCUT2D eigenvalue weighted by Crippen LogP contribution is -2.26. The molecular formula is C17H20N2O4S. The van der Waals surface area contributed by atoms with Crippen molar-refractivity contribution in [3.05, 3.63) is 59.2 Å². The molecule has 6 nitrogen and oxygen atoms in total. The largest absolute Gasteiger partial charge is 0.280 e. The van der Waals surface area contributed by atoms with Gasteiger partial charge in [0.2, 0.25) is 0 Å². The molecule has 0 heterocycles. The van der Waals surface area contributed by atoms with Gasteiger partial charge < -0.3 is 0 Å². The summed E-state index contributed by atoms with van der Waals surface area (Å²) in [6.07, 6.45) is 0. The molecular weight excluding hydrogens is 328 g/mol. The quantitative estimate of drug-likeness (QED) is 0.843. The van der Waals surface area contributed by atoms with E-state index in [0.717, 1.165) is 10.6 Å². The molecule has 0 unspecified atom stereocenters. The number of hydrogen-bond acceptors (Lipinski definition) is 4. The number of carbonyl (C=O) groups excluding carboxylic acids is 1. The fourth-order valence-electron chi connectivity index (χ4n) is 2.09. The highest BCUT2D eigenvalue weighted by Crippen LogP contribution is 2.20. The minimum atomic E-state index is -3.79. The SMILES string of the molecule is CON(C)C(=O)c1cc(S(=O)(=O)Nc2ccc(C)cc2)ccc1C. The second-order valence-electron chi connectivity index (χ2n) is 5.43. The number of hydrogen-bond donors (Lipinski definition) is 1. The van der Waals surface area contributed by atoms with Gasteiger partial charge in [-0.25, -0.2) is 13.5 Å². The Bertz CT molecular complexity index is 845. The van der Waals surface area contributed by atoms with Crippen LogP contribution in [0.2, 0.25) is 0 Å². The number of nitrogens with zero attached hydrogens (tertiary/aromatic N) is 1. The molecule has 1 N–H and O–H groups in total. The molecule has 0 aliphatic heterocycles. The zero-order valence-electron chi connectivity index (χ0n) is 14.0. The Morgan fingerprint density at radius 2 is 1.71 bits per heavy atom. The van der Waals surface area contributed by atoms with Crippen LogP contribution in [-0.4, -0.2) is 33.5 Å². The van der Waals surface area contributed by atoms with E-state index in [4.69, 9.17) is 4.84 Å². The summed E-state index contributed by atoms with van der Waals surface area (Å²) in [4.78, 5) is 17.1. The summed E-state index contributed by atoms with van der Waals surface area (Å²) in [6, 6.07) is 11.4. The predicted molar refractivity (Wildman–Crippen MR) is 92.3 cm³/mol. The van der Waals surface area contributed by atoms with Gasteiger partial charge >= 0.3 is 0 Å². The molecule has 0 aliphatic carbocycles. The number of nitrogens with one attached hydrogen (secondary N) is 1. The average molecular weight is 348 g/mol. The number of carbonyl (C=O) groups is 1. The van der Waals surface area contributed by atoms with Gasteiger partial charge in [0.05, 0.1) is 12.0 Å². The molecule has 2 aromatic rings. The predicted octanol–water partition coefficient (Wildman–Crippen LogP) is 2.74. The third-order valence-electron chi connectivity index (χ3n) is 3.61. The maximum Gasteiger partial charge on any atom is 0.277 e. The maximum atomic E-state index is 12.5. The summed E-state index contributed by atoms with van der Waals surface area (Å²) < 4.78 is 27.6. The van der Waals surface area contributed by atoms with Gasteiger partial charge in [0.1, 0.15) is 0 Å². The first kappa shape index (κ1) is 18.0. The van der Waals surface area contributed by atoms with E-state index in [1.165, 1.54) is 26.3 Å². The van der Waals surface area contributed by atoms with Gasteiger partial charge in [0.15, 0.2) is 0 Å². The first-order valence-electron chi connectivity index (χ1n) is 7.27. The Balaban J connectivity index is 2.37. The van der Waals surface area contributed by atoms with E-state index in [1.807, 2.05) is 19.1 Å². The number of amides is 1. The molecule has 1 amide bonds. The van der Waals surface area contributed by atoms with Crippen LogP contribution in [0, 0.1) is 13.8 Å². The lowest BCUT2D eigenvalue weighted by Gasteiger charge is -2.16. The third kappa shape index (κ3) is 3.93. The molecule has 0 aliphatic rings. The van der Waals surface area contributed by atoms with Crippen molar-refractivity contribution in [2.45, 2.75) is 18.7 Å². The number of benzene rings is 2. The van der Waals surface area contributed by atoms with Crippen LogP contribution in [0.15, 0.2) is 47.4 Å². The highest BCUT2D eigenvalue weighted by molar-refractivity contribution is 7.92.